The summed E-state index contributed by atoms with van der Waals surface area (Å²) < 4.78 is 86.7. The molecule has 0 amide bonds. The zero-order valence-corrected chi connectivity index (χ0v) is 31.5. The number of nitrogens with zero attached hydrogens (tertiary/aromatic N) is 3. The summed E-state index contributed by atoms with van der Waals surface area (Å²) in [6, 6.07) is 23.8. The Morgan fingerprint density at radius 2 is 1.66 bits per heavy atom. The molecule has 0 fully saturated rings. The van der Waals surface area contributed by atoms with Gasteiger partial charge in [-0.2, -0.15) is 0 Å². The number of hydrogen-bond donors (Lipinski definition) is 0. The van der Waals surface area contributed by atoms with Crippen molar-refractivity contribution in [2.24, 2.45) is 11.3 Å². The molecule has 4 aromatic heterocycles. The van der Waals surface area contributed by atoms with E-state index in [1.165, 1.54) is 18.3 Å². The number of furan rings is 1. The largest absolute Gasteiger partial charge is 0.486 e. The van der Waals surface area contributed by atoms with Crippen LogP contribution in [0.3, 0.4) is 0 Å². The van der Waals surface area contributed by atoms with Crippen molar-refractivity contribution < 1.29 is 38.2 Å². The van der Waals surface area contributed by atoms with Gasteiger partial charge in [0.1, 0.15) is 0 Å². The van der Waals surface area contributed by atoms with Gasteiger partial charge in [0.25, 0.3) is 0 Å². The standard InChI is InChI=1S/C22H21N2O.C19H26NSi.Ir/c1-13(2)10-16-11-20(23-12-14(16)3)19-7-5-6-17-18-9-8-15(4)24-22(18)25-21(17)19;1-19(2,3)13-16-12-17(15-10-8-7-9-11-15)20-14-18(16)21(4,5)6;/h5-6,8-9,11-13H,10H2,1-4H3;7-10,12,14H,13H2,1-6H3;/q2*-1;/i3D3,4D3,10D2;13D2;. The maximum atomic E-state index is 8.75. The number of aromatic nitrogens is 3. The number of aryl methyl sites for hydroxylation is 2. The Balaban J connectivity index is 0.000000265. The zero-order chi connectivity index (χ0) is 41.8. The van der Waals surface area contributed by atoms with E-state index in [0.717, 1.165) is 22.0 Å². The summed E-state index contributed by atoms with van der Waals surface area (Å²) in [4.78, 5) is 13.1. The van der Waals surface area contributed by atoms with Crippen LogP contribution in [-0.4, -0.2) is 23.0 Å². The van der Waals surface area contributed by atoms with Crippen LogP contribution in [0.15, 0.2) is 77.5 Å². The molecule has 247 valence electrons. The summed E-state index contributed by atoms with van der Waals surface area (Å²) in [6.07, 6.45) is -0.270. The molecule has 0 saturated heterocycles. The van der Waals surface area contributed by atoms with Gasteiger partial charge in [-0.1, -0.05) is 88.5 Å². The molecular formula is C41H47IrN3OSi-2. The maximum absolute atomic E-state index is 8.75. The number of pyridine rings is 3. The fourth-order valence-corrected chi connectivity index (χ4v) is 6.49. The molecular weight excluding hydrogens is 771 g/mol. The molecule has 2 aromatic carbocycles. The molecule has 0 bridgehead atoms. The first-order chi connectivity index (χ1) is 25.7. The van der Waals surface area contributed by atoms with E-state index in [1.54, 1.807) is 32.0 Å². The second-order valence-electron chi connectivity index (χ2n) is 13.7. The normalized spacial score (nSPS) is 16.1. The smallest absolute Gasteiger partial charge is 0.216 e. The van der Waals surface area contributed by atoms with Gasteiger partial charge < -0.3 is 14.4 Å². The molecule has 4 nitrogen and oxygen atoms in total. The Bertz CT molecular complexity index is 2360. The Hall–Kier alpha value is -3.44. The molecule has 0 atom stereocenters. The third-order valence-corrected chi connectivity index (χ3v) is 9.12. The Morgan fingerprint density at radius 3 is 2.32 bits per heavy atom. The predicted octanol–water partition coefficient (Wildman–Crippen LogP) is 10.3. The molecule has 0 unspecified atom stereocenters. The van der Waals surface area contributed by atoms with E-state index < -0.39 is 45.9 Å². The number of rotatable bonds is 6. The van der Waals surface area contributed by atoms with Crippen molar-refractivity contribution in [1.29, 1.82) is 0 Å². The van der Waals surface area contributed by atoms with Gasteiger partial charge in [-0.15, -0.1) is 54.1 Å². The van der Waals surface area contributed by atoms with E-state index in [4.69, 9.17) is 18.1 Å². The first-order valence-electron chi connectivity index (χ1n) is 20.4. The number of benzene rings is 2. The van der Waals surface area contributed by atoms with E-state index in [9.17, 15) is 0 Å². The fraction of sp³-hybridized carbons (Fsp3) is 0.341. The van der Waals surface area contributed by atoms with Crippen molar-refractivity contribution in [2.45, 2.75) is 80.7 Å². The number of fused-ring (bicyclic) bond motifs is 3. The third-order valence-electron chi connectivity index (χ3n) is 7.11. The van der Waals surface area contributed by atoms with Gasteiger partial charge in [0.05, 0.1) is 13.7 Å². The van der Waals surface area contributed by atoms with Crippen LogP contribution in [0, 0.1) is 37.2 Å². The molecule has 0 saturated carbocycles. The predicted molar refractivity (Wildman–Crippen MR) is 196 cm³/mol. The molecule has 6 aromatic rings. The fourth-order valence-electron chi connectivity index (χ4n) is 5.10. The Morgan fingerprint density at radius 1 is 0.894 bits per heavy atom. The Kier molecular flexibility index (Phi) is 7.75. The zero-order valence-electron chi connectivity index (χ0n) is 38.1. The molecule has 47 heavy (non-hydrogen) atoms. The van der Waals surface area contributed by atoms with Crippen molar-refractivity contribution in [2.75, 3.05) is 0 Å². The van der Waals surface area contributed by atoms with Crippen LogP contribution < -0.4 is 5.19 Å². The van der Waals surface area contributed by atoms with E-state index in [0.29, 0.717) is 27.6 Å². The van der Waals surface area contributed by atoms with Crippen LogP contribution in [0.2, 0.25) is 19.6 Å². The maximum Gasteiger partial charge on any atom is 0.216 e. The van der Waals surface area contributed by atoms with E-state index in [1.807, 2.05) is 57.3 Å². The molecule has 4 heterocycles. The van der Waals surface area contributed by atoms with Gasteiger partial charge in [0.2, 0.25) is 5.71 Å². The number of hydrogen-bond acceptors (Lipinski definition) is 4. The van der Waals surface area contributed by atoms with Gasteiger partial charge in [0, 0.05) is 57.3 Å². The van der Waals surface area contributed by atoms with Gasteiger partial charge in [0.15, 0.2) is 0 Å². The average molecular weight is 828 g/mol. The van der Waals surface area contributed by atoms with Crippen LogP contribution in [0.4, 0.5) is 0 Å². The van der Waals surface area contributed by atoms with Crippen molar-refractivity contribution in [3.8, 4) is 22.5 Å². The monoisotopic (exact) mass is 828 g/mol. The Labute approximate surface area is 309 Å². The van der Waals surface area contributed by atoms with E-state index in [2.05, 4.69) is 46.7 Å². The minimum atomic E-state index is -2.53. The molecule has 0 aliphatic carbocycles. The average Bonchev–Trinajstić information content (AvgIpc) is 3.48. The quantitative estimate of drug-likeness (QED) is 0.124. The van der Waals surface area contributed by atoms with Crippen LogP contribution in [0.5, 0.6) is 0 Å². The van der Waals surface area contributed by atoms with Crippen molar-refractivity contribution in [1.82, 2.24) is 15.0 Å². The minimum Gasteiger partial charge on any atom is -0.486 e. The van der Waals surface area contributed by atoms with E-state index >= 15 is 0 Å². The van der Waals surface area contributed by atoms with Crippen LogP contribution in [0.1, 0.15) is 70.7 Å². The van der Waals surface area contributed by atoms with Gasteiger partial charge >= 0.3 is 0 Å². The molecule has 0 aliphatic rings. The van der Waals surface area contributed by atoms with Gasteiger partial charge in [-0.3, -0.25) is 0 Å². The van der Waals surface area contributed by atoms with Crippen LogP contribution in [-0.2, 0) is 32.9 Å². The van der Waals surface area contributed by atoms with Crippen LogP contribution >= 0.6 is 0 Å². The summed E-state index contributed by atoms with van der Waals surface area (Å²) in [7, 11) is -1.70. The summed E-state index contributed by atoms with van der Waals surface area (Å²) in [5.74, 6) is -0.484. The second-order valence-corrected chi connectivity index (χ2v) is 18.7. The topological polar surface area (TPSA) is 51.8 Å². The first-order valence-corrected chi connectivity index (χ1v) is 18.9. The third kappa shape index (κ3) is 8.93. The van der Waals surface area contributed by atoms with Crippen molar-refractivity contribution in [3.63, 3.8) is 0 Å². The molecule has 0 spiro atoms. The van der Waals surface area contributed by atoms with E-state index in [-0.39, 0.29) is 42.6 Å². The van der Waals surface area contributed by atoms with Gasteiger partial charge in [-0.25, -0.2) is 4.98 Å². The SMILES string of the molecule is [2H]C([2H])([2H])c1ccc2c(n1)oc1c(-c3cc(C([2H])([2H])C(C)C)c(C([2H])([2H])[2H])cn3)[c-]ccc12.[2H]C([2H])(c1cc(-c2[c-]cccc2)ncc1[Si](C)(C)C)C(C)(C)C.[Ir]. The second kappa shape index (κ2) is 14.8. The van der Waals surface area contributed by atoms with Crippen LogP contribution in [0.25, 0.3) is 44.6 Å². The van der Waals surface area contributed by atoms with Gasteiger partial charge in [-0.05, 0) is 72.1 Å². The molecule has 0 aliphatic heterocycles. The summed E-state index contributed by atoms with van der Waals surface area (Å²) in [6.45, 7) is 11.0. The van der Waals surface area contributed by atoms with Crippen molar-refractivity contribution >= 4 is 35.3 Å². The summed E-state index contributed by atoms with van der Waals surface area (Å²) in [5.41, 5.74) is 2.99. The first kappa shape index (κ1) is 24.7. The summed E-state index contributed by atoms with van der Waals surface area (Å²) >= 11 is 0. The molecule has 6 heteroatoms. The van der Waals surface area contributed by atoms with Crippen molar-refractivity contribution in [3.05, 3.63) is 108 Å². The minimum absolute atomic E-state index is 0. The molecule has 1 radical (unpaired) electrons. The summed E-state index contributed by atoms with van der Waals surface area (Å²) in [5, 5.41) is 2.38. The molecule has 0 N–H and O–H groups in total. The molecule has 6 rings (SSSR count).